The van der Waals surface area contributed by atoms with Crippen LogP contribution in [-0.4, -0.2) is 18.1 Å². The van der Waals surface area contributed by atoms with Gasteiger partial charge in [-0.1, -0.05) is 35.3 Å². The quantitative estimate of drug-likeness (QED) is 0.769. The Hall–Kier alpha value is -1.58. The maximum absolute atomic E-state index is 12.0. The summed E-state index contributed by atoms with van der Waals surface area (Å²) in [5.41, 5.74) is 3.16. The van der Waals surface area contributed by atoms with E-state index in [4.69, 9.17) is 27.9 Å². The molecule has 20 heavy (non-hydrogen) atoms. The minimum absolute atomic E-state index is 0.405. The van der Waals surface area contributed by atoms with E-state index in [0.717, 1.165) is 5.69 Å². The lowest BCUT2D eigenvalue weighted by Gasteiger charge is -2.13. The van der Waals surface area contributed by atoms with Crippen molar-refractivity contribution in [1.29, 1.82) is 0 Å². The monoisotopic (exact) mass is 309 g/mol. The van der Waals surface area contributed by atoms with E-state index < -0.39 is 5.97 Å². The predicted molar refractivity (Wildman–Crippen MR) is 80.5 cm³/mol. The minimum atomic E-state index is -0.443. The average Bonchev–Trinajstić information content (AvgIpc) is 2.40. The number of esters is 1. The fraction of sp³-hybridized carbons (Fsp3) is 0.200. The zero-order valence-corrected chi connectivity index (χ0v) is 12.8. The van der Waals surface area contributed by atoms with Crippen LogP contribution in [0.4, 0.5) is 0 Å². The molecule has 1 aromatic carbocycles. The van der Waals surface area contributed by atoms with Crippen LogP contribution in [0, 0.1) is 13.8 Å². The van der Waals surface area contributed by atoms with Gasteiger partial charge in [-0.15, -0.1) is 0 Å². The van der Waals surface area contributed by atoms with E-state index >= 15 is 0 Å². The van der Waals surface area contributed by atoms with E-state index in [1.165, 1.54) is 7.11 Å². The zero-order chi connectivity index (χ0) is 14.9. The first kappa shape index (κ1) is 14.8. The van der Waals surface area contributed by atoms with Gasteiger partial charge in [0.05, 0.1) is 28.4 Å². The van der Waals surface area contributed by atoms with E-state index in [2.05, 4.69) is 4.98 Å². The van der Waals surface area contributed by atoms with Gasteiger partial charge in [0, 0.05) is 16.8 Å². The highest BCUT2D eigenvalue weighted by atomic mass is 35.5. The van der Waals surface area contributed by atoms with Crippen molar-refractivity contribution in [3.05, 3.63) is 51.3 Å². The predicted octanol–water partition coefficient (Wildman–Crippen LogP) is 4.46. The van der Waals surface area contributed by atoms with Gasteiger partial charge in [0.1, 0.15) is 0 Å². The second kappa shape index (κ2) is 5.81. The van der Waals surface area contributed by atoms with Crippen molar-refractivity contribution in [3.63, 3.8) is 0 Å². The highest BCUT2D eigenvalue weighted by Gasteiger charge is 2.20. The van der Waals surface area contributed by atoms with Crippen LogP contribution in [0.3, 0.4) is 0 Å². The molecule has 1 aromatic heterocycles. The second-order valence-electron chi connectivity index (χ2n) is 4.36. The van der Waals surface area contributed by atoms with Gasteiger partial charge in [0.2, 0.25) is 0 Å². The first-order valence-corrected chi connectivity index (χ1v) is 6.72. The summed E-state index contributed by atoms with van der Waals surface area (Å²) >= 11 is 12.3. The molecule has 0 aliphatic rings. The van der Waals surface area contributed by atoms with Crippen molar-refractivity contribution >= 4 is 29.2 Å². The fourth-order valence-electron chi connectivity index (χ4n) is 2.11. The van der Waals surface area contributed by atoms with Crippen molar-refractivity contribution in [3.8, 4) is 11.1 Å². The second-order valence-corrected chi connectivity index (χ2v) is 5.15. The third-order valence-electron chi connectivity index (χ3n) is 2.96. The molecule has 2 aromatic rings. The number of carbonyl (C=O) groups excluding carboxylic acids is 1. The number of hydrogen-bond donors (Lipinski definition) is 0. The summed E-state index contributed by atoms with van der Waals surface area (Å²) < 4.78 is 4.83. The number of nitrogens with zero attached hydrogens (tertiary/aromatic N) is 1. The topological polar surface area (TPSA) is 39.2 Å². The maximum atomic E-state index is 12.0. The van der Waals surface area contributed by atoms with Gasteiger partial charge in [0.15, 0.2) is 0 Å². The lowest BCUT2D eigenvalue weighted by molar-refractivity contribution is 0.0600. The number of benzene rings is 1. The first-order chi connectivity index (χ1) is 9.45. The molecule has 1 heterocycles. The smallest absolute Gasteiger partial charge is 0.340 e. The van der Waals surface area contributed by atoms with Gasteiger partial charge in [-0.2, -0.15) is 0 Å². The average molecular weight is 310 g/mol. The summed E-state index contributed by atoms with van der Waals surface area (Å²) in [4.78, 5) is 16.3. The van der Waals surface area contributed by atoms with E-state index in [1.54, 1.807) is 25.1 Å². The molecule has 0 aliphatic heterocycles. The number of methoxy groups -OCH3 is 1. The van der Waals surface area contributed by atoms with Crippen LogP contribution in [0.5, 0.6) is 0 Å². The van der Waals surface area contributed by atoms with E-state index in [0.29, 0.717) is 32.4 Å². The third-order valence-corrected chi connectivity index (χ3v) is 3.78. The summed E-state index contributed by atoms with van der Waals surface area (Å²) in [5.74, 6) is -0.443. The van der Waals surface area contributed by atoms with E-state index in [-0.39, 0.29) is 0 Å². The molecule has 0 aliphatic carbocycles. The van der Waals surface area contributed by atoms with Gasteiger partial charge in [-0.3, -0.25) is 4.98 Å². The Morgan fingerprint density at radius 3 is 2.55 bits per heavy atom. The summed E-state index contributed by atoms with van der Waals surface area (Å²) in [7, 11) is 1.34. The summed E-state index contributed by atoms with van der Waals surface area (Å²) in [5, 5.41) is 0.844. The number of aryl methyl sites for hydroxylation is 2. The number of ether oxygens (including phenoxy) is 1. The van der Waals surface area contributed by atoms with Crippen LogP contribution >= 0.6 is 23.2 Å². The number of aromatic nitrogens is 1. The maximum Gasteiger partial charge on any atom is 0.340 e. The molecule has 0 amide bonds. The molecule has 5 heteroatoms. The molecule has 0 atom stereocenters. The lowest BCUT2D eigenvalue weighted by Crippen LogP contribution is -2.09. The molecule has 0 saturated carbocycles. The molecule has 0 spiro atoms. The van der Waals surface area contributed by atoms with Crippen LogP contribution in [0.1, 0.15) is 21.7 Å². The van der Waals surface area contributed by atoms with Gasteiger partial charge in [-0.05, 0) is 26.0 Å². The van der Waals surface area contributed by atoms with Crippen LogP contribution in [-0.2, 0) is 4.74 Å². The van der Waals surface area contributed by atoms with Crippen LogP contribution in [0.25, 0.3) is 11.1 Å². The molecule has 3 nitrogen and oxygen atoms in total. The van der Waals surface area contributed by atoms with E-state index in [9.17, 15) is 4.79 Å². The van der Waals surface area contributed by atoms with Crippen LogP contribution in [0.2, 0.25) is 10.0 Å². The van der Waals surface area contributed by atoms with Crippen molar-refractivity contribution in [2.45, 2.75) is 13.8 Å². The summed E-state index contributed by atoms with van der Waals surface area (Å²) in [6.07, 6.45) is 0. The molecule has 104 valence electrons. The van der Waals surface area contributed by atoms with Gasteiger partial charge in [-0.25, -0.2) is 4.79 Å². The first-order valence-electron chi connectivity index (χ1n) is 5.96. The highest BCUT2D eigenvalue weighted by molar-refractivity contribution is 6.43. The Kier molecular flexibility index (Phi) is 4.31. The number of carbonyl (C=O) groups is 1. The molecule has 2 rings (SSSR count). The molecule has 0 N–H and O–H groups in total. The zero-order valence-electron chi connectivity index (χ0n) is 11.3. The highest BCUT2D eigenvalue weighted by Crippen LogP contribution is 2.36. The van der Waals surface area contributed by atoms with Crippen molar-refractivity contribution in [1.82, 2.24) is 4.98 Å². The number of hydrogen-bond acceptors (Lipinski definition) is 3. The Morgan fingerprint density at radius 2 is 1.90 bits per heavy atom. The fourth-order valence-corrected chi connectivity index (χ4v) is 2.51. The SMILES string of the molecule is COC(=O)c1c(-c2cccc(Cl)c2Cl)cc(C)nc1C. The molecule has 0 bridgehead atoms. The Bertz CT molecular complexity index is 684. The molecule has 0 saturated heterocycles. The normalized spacial score (nSPS) is 10.4. The summed E-state index contributed by atoms with van der Waals surface area (Å²) in [6.45, 7) is 3.62. The standard InChI is InChI=1S/C15H13Cl2NO2/c1-8-7-11(10-5-4-6-12(16)14(10)17)13(9(2)18-8)15(19)20-3/h4-7H,1-3H3. The van der Waals surface area contributed by atoms with Crippen LogP contribution < -0.4 is 0 Å². The number of pyridine rings is 1. The molecule has 0 unspecified atom stereocenters. The molecule has 0 fully saturated rings. The molecule has 0 radical (unpaired) electrons. The largest absolute Gasteiger partial charge is 0.465 e. The molecular weight excluding hydrogens is 297 g/mol. The van der Waals surface area contributed by atoms with Gasteiger partial charge in [0.25, 0.3) is 0 Å². The van der Waals surface area contributed by atoms with Gasteiger partial charge < -0.3 is 4.74 Å². The Balaban J connectivity index is 2.79. The van der Waals surface area contributed by atoms with Crippen LogP contribution in [0.15, 0.2) is 24.3 Å². The Morgan fingerprint density at radius 1 is 1.20 bits per heavy atom. The molecular formula is C15H13Cl2NO2. The third kappa shape index (κ3) is 2.65. The van der Waals surface area contributed by atoms with Crippen molar-refractivity contribution < 1.29 is 9.53 Å². The van der Waals surface area contributed by atoms with Gasteiger partial charge >= 0.3 is 5.97 Å². The van der Waals surface area contributed by atoms with Crippen molar-refractivity contribution in [2.75, 3.05) is 7.11 Å². The van der Waals surface area contributed by atoms with E-state index in [1.807, 2.05) is 13.0 Å². The summed E-state index contributed by atoms with van der Waals surface area (Å²) in [6, 6.07) is 7.10. The minimum Gasteiger partial charge on any atom is -0.465 e. The van der Waals surface area contributed by atoms with Crippen molar-refractivity contribution in [2.24, 2.45) is 0 Å². The lowest BCUT2D eigenvalue weighted by atomic mass is 9.98. The number of halogens is 2. The number of rotatable bonds is 2. The Labute approximate surface area is 127 Å².